The number of carbonyl (C=O) groups is 2. The first-order chi connectivity index (χ1) is 18.0. The van der Waals surface area contributed by atoms with Gasteiger partial charge in [0.2, 0.25) is 0 Å². The van der Waals surface area contributed by atoms with Crippen LogP contribution in [0.1, 0.15) is 28.9 Å². The lowest BCUT2D eigenvalue weighted by Crippen LogP contribution is -2.33. The van der Waals surface area contributed by atoms with E-state index in [1.165, 1.54) is 6.33 Å². The third-order valence-electron chi connectivity index (χ3n) is 5.31. The van der Waals surface area contributed by atoms with Gasteiger partial charge in [0.25, 0.3) is 11.8 Å². The van der Waals surface area contributed by atoms with Gasteiger partial charge in [-0.1, -0.05) is 35.5 Å². The average molecular weight is 568 g/mol. The Hall–Kier alpha value is -3.10. The minimum absolute atomic E-state index is 0.137. The molecule has 3 rings (SSSR count). The van der Waals surface area contributed by atoms with Gasteiger partial charge < -0.3 is 20.9 Å². The maximum atomic E-state index is 13.1. The highest BCUT2D eigenvalue weighted by atomic mass is 35.5. The van der Waals surface area contributed by atoms with Gasteiger partial charge in [-0.15, -0.1) is 0 Å². The molecule has 15 heteroatoms. The second kappa shape index (κ2) is 13.1. The van der Waals surface area contributed by atoms with Crippen LogP contribution in [0.4, 0.5) is 24.8 Å². The monoisotopic (exact) mass is 567 g/mol. The Morgan fingerprint density at radius 3 is 2.61 bits per heavy atom. The number of likely N-dealkylation sites (N-methyl/N-ethyl adjacent to an activating group) is 1. The van der Waals surface area contributed by atoms with Crippen LogP contribution in [-0.4, -0.2) is 73.2 Å². The standard InChI is InChI=1S/C23H26BClF3N7O2S/c1-35(2)8-7-29-20-18(24)19(32-12-33-20)22(37)31-10-13-5-3-4-6-16(38-13)21(36)34-17-9-14(23(26,27)28)15(25)11-30-17/h5-6,9,11-12H,3-4,7-8,10,24H2,1-2H3,(H,31,37)(H,29,32,33)(H,30,34,36). The summed E-state index contributed by atoms with van der Waals surface area (Å²) < 4.78 is 39.4. The number of hydrogen-bond donors (Lipinski definition) is 3. The highest BCUT2D eigenvalue weighted by molar-refractivity contribution is 8.07. The summed E-state index contributed by atoms with van der Waals surface area (Å²) in [5.41, 5.74) is -0.249. The van der Waals surface area contributed by atoms with Crippen molar-refractivity contribution in [1.82, 2.24) is 25.2 Å². The molecular weight excluding hydrogens is 542 g/mol. The molecule has 0 atom stereocenters. The molecule has 3 heterocycles. The van der Waals surface area contributed by atoms with E-state index in [4.69, 9.17) is 11.6 Å². The van der Waals surface area contributed by atoms with E-state index in [2.05, 4.69) is 30.9 Å². The van der Waals surface area contributed by atoms with Crippen molar-refractivity contribution in [3.05, 3.63) is 56.8 Å². The largest absolute Gasteiger partial charge is 0.418 e. The van der Waals surface area contributed by atoms with Gasteiger partial charge in [-0.2, -0.15) is 13.2 Å². The van der Waals surface area contributed by atoms with Gasteiger partial charge in [0, 0.05) is 30.7 Å². The van der Waals surface area contributed by atoms with Crippen LogP contribution in [0, 0.1) is 0 Å². The summed E-state index contributed by atoms with van der Waals surface area (Å²) >= 11 is 6.72. The molecule has 2 aromatic heterocycles. The summed E-state index contributed by atoms with van der Waals surface area (Å²) in [6.45, 7) is 1.57. The van der Waals surface area contributed by atoms with Gasteiger partial charge in [0.15, 0.2) is 0 Å². The first-order valence-corrected chi connectivity index (χ1v) is 12.7. The predicted molar refractivity (Wildman–Crippen MR) is 145 cm³/mol. The van der Waals surface area contributed by atoms with E-state index in [1.807, 2.05) is 25.1 Å². The number of nitrogens with zero attached hydrogens (tertiary/aromatic N) is 4. The molecule has 1 aliphatic rings. The molecule has 0 fully saturated rings. The van der Waals surface area contributed by atoms with Crippen LogP contribution in [-0.2, 0) is 11.0 Å². The summed E-state index contributed by atoms with van der Waals surface area (Å²) in [4.78, 5) is 40.7. The second-order valence-corrected chi connectivity index (χ2v) is 10.1. The molecule has 0 saturated heterocycles. The summed E-state index contributed by atoms with van der Waals surface area (Å²) in [5.74, 6) is -0.713. The van der Waals surface area contributed by atoms with Crippen LogP contribution in [0.25, 0.3) is 0 Å². The van der Waals surface area contributed by atoms with Crippen molar-refractivity contribution in [1.29, 1.82) is 0 Å². The molecule has 1 aliphatic heterocycles. The Labute approximate surface area is 228 Å². The fraction of sp³-hybridized carbons (Fsp3) is 0.348. The molecule has 38 heavy (non-hydrogen) atoms. The van der Waals surface area contributed by atoms with Crippen molar-refractivity contribution in [2.24, 2.45) is 0 Å². The quantitative estimate of drug-likeness (QED) is 0.396. The van der Waals surface area contributed by atoms with E-state index in [0.29, 0.717) is 41.6 Å². The van der Waals surface area contributed by atoms with Crippen molar-refractivity contribution in [2.45, 2.75) is 19.0 Å². The number of aromatic nitrogens is 3. The zero-order chi connectivity index (χ0) is 27.9. The molecule has 3 N–H and O–H groups in total. The number of halogens is 4. The number of pyridine rings is 1. The summed E-state index contributed by atoms with van der Waals surface area (Å²) in [6.07, 6.45) is 2.22. The lowest BCUT2D eigenvalue weighted by atomic mass is 9.94. The Morgan fingerprint density at radius 1 is 1.16 bits per heavy atom. The third kappa shape index (κ3) is 8.20. The molecule has 9 nitrogen and oxygen atoms in total. The van der Waals surface area contributed by atoms with Crippen LogP contribution < -0.4 is 21.4 Å². The second-order valence-electron chi connectivity index (χ2n) is 8.53. The number of amides is 2. The number of allylic oxidation sites excluding steroid dienone is 2. The van der Waals surface area contributed by atoms with Gasteiger partial charge in [0.05, 0.1) is 15.5 Å². The first-order valence-electron chi connectivity index (χ1n) is 11.5. The van der Waals surface area contributed by atoms with E-state index in [0.717, 1.165) is 24.5 Å². The fourth-order valence-electron chi connectivity index (χ4n) is 3.34. The number of thioether (sulfide) groups is 1. The molecule has 0 spiro atoms. The van der Waals surface area contributed by atoms with Crippen molar-refractivity contribution in [2.75, 3.05) is 44.4 Å². The smallest absolute Gasteiger partial charge is 0.369 e. The van der Waals surface area contributed by atoms with Crippen molar-refractivity contribution >= 4 is 60.1 Å². The predicted octanol–water partition coefficient (Wildman–Crippen LogP) is 2.44. The minimum Gasteiger partial charge on any atom is -0.369 e. The van der Waals surface area contributed by atoms with E-state index in [-0.39, 0.29) is 23.0 Å². The number of nitrogens with one attached hydrogen (secondary N) is 3. The lowest BCUT2D eigenvalue weighted by Gasteiger charge is -2.15. The Bertz CT molecular complexity index is 1260. The molecule has 0 radical (unpaired) electrons. The van der Waals surface area contributed by atoms with Gasteiger partial charge in [-0.3, -0.25) is 9.59 Å². The van der Waals surface area contributed by atoms with Crippen molar-refractivity contribution < 1.29 is 22.8 Å². The number of anilines is 2. The van der Waals surface area contributed by atoms with Crippen LogP contribution in [0.3, 0.4) is 0 Å². The summed E-state index contributed by atoms with van der Waals surface area (Å²) in [7, 11) is 5.67. The molecule has 2 amide bonds. The highest BCUT2D eigenvalue weighted by Crippen LogP contribution is 2.36. The zero-order valence-electron chi connectivity index (χ0n) is 20.9. The van der Waals surface area contributed by atoms with Crippen molar-refractivity contribution in [3.63, 3.8) is 0 Å². The van der Waals surface area contributed by atoms with Crippen LogP contribution >= 0.6 is 23.4 Å². The lowest BCUT2D eigenvalue weighted by molar-refractivity contribution is -0.137. The minimum atomic E-state index is -4.69. The first kappa shape index (κ1) is 29.5. The van der Waals surface area contributed by atoms with E-state index in [1.54, 1.807) is 13.9 Å². The zero-order valence-corrected chi connectivity index (χ0v) is 22.5. The average Bonchev–Trinajstić information content (AvgIpc) is 3.10. The number of rotatable bonds is 9. The molecule has 0 bridgehead atoms. The highest BCUT2D eigenvalue weighted by Gasteiger charge is 2.34. The molecule has 0 unspecified atom stereocenters. The topological polar surface area (TPSA) is 112 Å². The number of carbonyl (C=O) groups excluding carboxylic acids is 2. The maximum absolute atomic E-state index is 13.1. The third-order valence-corrected chi connectivity index (χ3v) is 6.76. The Balaban J connectivity index is 1.62. The van der Waals surface area contributed by atoms with E-state index >= 15 is 0 Å². The summed E-state index contributed by atoms with van der Waals surface area (Å²) in [6, 6.07) is 0.687. The number of hydrogen-bond acceptors (Lipinski definition) is 8. The van der Waals surface area contributed by atoms with Gasteiger partial charge in [0.1, 0.15) is 31.5 Å². The molecule has 202 valence electrons. The molecule has 0 aromatic carbocycles. The van der Waals surface area contributed by atoms with E-state index < -0.39 is 28.6 Å². The Kier molecular flexibility index (Phi) is 10.2. The molecule has 2 aromatic rings. The van der Waals surface area contributed by atoms with Crippen LogP contribution in [0.5, 0.6) is 0 Å². The maximum Gasteiger partial charge on any atom is 0.418 e. The fourth-order valence-corrected chi connectivity index (χ4v) is 4.52. The van der Waals surface area contributed by atoms with Gasteiger partial charge >= 0.3 is 6.18 Å². The van der Waals surface area contributed by atoms with Crippen LogP contribution in [0.2, 0.25) is 5.02 Å². The summed E-state index contributed by atoms with van der Waals surface area (Å²) in [5, 5.41) is 7.83. The molecule has 0 saturated carbocycles. The van der Waals surface area contributed by atoms with Gasteiger partial charge in [-0.05, 0) is 38.5 Å². The SMILES string of the molecule is Bc1c(NCCN(C)C)ncnc1C(=O)NCC1=CCCC=C(C(=O)Nc2cc(C(F)(F)F)c(Cl)cn2)S1. The van der Waals surface area contributed by atoms with Crippen LogP contribution in [0.15, 0.2) is 40.6 Å². The normalized spacial score (nSPS) is 13.9. The van der Waals surface area contributed by atoms with Gasteiger partial charge in [-0.25, -0.2) is 15.0 Å². The molecular formula is C23H26BClF3N7O2S. The number of alkyl halides is 3. The van der Waals surface area contributed by atoms with Crippen molar-refractivity contribution in [3.8, 4) is 0 Å². The molecule has 0 aliphatic carbocycles. The van der Waals surface area contributed by atoms with E-state index in [9.17, 15) is 22.8 Å². The Morgan fingerprint density at radius 2 is 1.89 bits per heavy atom.